The van der Waals surface area contributed by atoms with E-state index in [1.165, 1.54) is 6.07 Å². The summed E-state index contributed by atoms with van der Waals surface area (Å²) in [6.45, 7) is 2.19. The van der Waals surface area contributed by atoms with Gasteiger partial charge in [0.25, 0.3) is 0 Å². The Hall–Kier alpha value is -1.46. The van der Waals surface area contributed by atoms with E-state index in [9.17, 15) is 4.39 Å². The molecule has 0 aliphatic carbocycles. The van der Waals surface area contributed by atoms with Gasteiger partial charge in [-0.15, -0.1) is 11.6 Å². The molecule has 0 fully saturated rings. The number of fused-ring (bicyclic) bond motifs is 1. The zero-order valence-electron chi connectivity index (χ0n) is 11.2. The van der Waals surface area contributed by atoms with Crippen LogP contribution in [0.25, 0.3) is 11.2 Å². The molecular formula is C15H12BrClFN3. The highest BCUT2D eigenvalue weighted by Crippen LogP contribution is 2.26. The predicted molar refractivity (Wildman–Crippen MR) is 85.0 cm³/mol. The van der Waals surface area contributed by atoms with Gasteiger partial charge in [-0.2, -0.15) is 0 Å². The van der Waals surface area contributed by atoms with Gasteiger partial charge in [-0.3, -0.25) is 0 Å². The molecule has 0 N–H and O–H groups in total. The molecule has 3 rings (SSSR count). The topological polar surface area (TPSA) is 30.7 Å². The Bertz CT molecular complexity index is 801. The van der Waals surface area contributed by atoms with E-state index in [1.54, 1.807) is 18.3 Å². The molecule has 1 unspecified atom stereocenters. The normalized spacial score (nSPS) is 12.8. The van der Waals surface area contributed by atoms with E-state index in [2.05, 4.69) is 25.9 Å². The van der Waals surface area contributed by atoms with Crippen LogP contribution >= 0.6 is 27.5 Å². The van der Waals surface area contributed by atoms with Gasteiger partial charge < -0.3 is 4.57 Å². The quantitative estimate of drug-likeness (QED) is 0.628. The maximum Gasteiger partial charge on any atom is 0.160 e. The van der Waals surface area contributed by atoms with Crippen molar-refractivity contribution in [3.05, 3.63) is 58.2 Å². The molecule has 2 aromatic heterocycles. The molecule has 0 spiro atoms. The van der Waals surface area contributed by atoms with Crippen LogP contribution in [0.5, 0.6) is 0 Å². The van der Waals surface area contributed by atoms with E-state index in [4.69, 9.17) is 11.6 Å². The number of aromatic nitrogens is 3. The number of alkyl halides is 1. The lowest BCUT2D eigenvalue weighted by Crippen LogP contribution is -2.07. The van der Waals surface area contributed by atoms with Crippen LogP contribution in [-0.2, 0) is 6.54 Å². The van der Waals surface area contributed by atoms with Crippen LogP contribution < -0.4 is 0 Å². The Labute approximate surface area is 134 Å². The maximum atomic E-state index is 13.9. The molecule has 21 heavy (non-hydrogen) atoms. The smallest absolute Gasteiger partial charge is 0.160 e. The molecule has 6 heteroatoms. The number of pyridine rings is 1. The zero-order chi connectivity index (χ0) is 15.0. The molecule has 3 aromatic rings. The second-order valence-electron chi connectivity index (χ2n) is 4.76. The molecule has 0 aliphatic heterocycles. The standard InChI is InChI=1S/C15H12BrClFN3/c1-9(17)14-20-13-6-11(16)7-19-15(13)21(14)8-10-4-2-3-5-12(10)18/h2-7,9H,8H2,1H3. The van der Waals surface area contributed by atoms with Crippen molar-refractivity contribution in [1.29, 1.82) is 0 Å². The van der Waals surface area contributed by atoms with Crippen LogP contribution in [-0.4, -0.2) is 14.5 Å². The summed E-state index contributed by atoms with van der Waals surface area (Å²) in [5, 5.41) is -0.287. The van der Waals surface area contributed by atoms with E-state index >= 15 is 0 Å². The lowest BCUT2D eigenvalue weighted by atomic mass is 10.2. The monoisotopic (exact) mass is 367 g/mol. The maximum absolute atomic E-state index is 13.9. The molecule has 0 radical (unpaired) electrons. The van der Waals surface area contributed by atoms with E-state index in [1.807, 2.05) is 23.6 Å². The highest BCUT2D eigenvalue weighted by molar-refractivity contribution is 9.10. The highest BCUT2D eigenvalue weighted by Gasteiger charge is 2.17. The lowest BCUT2D eigenvalue weighted by Gasteiger charge is -2.10. The third-order valence-corrected chi connectivity index (χ3v) is 3.85. The fourth-order valence-electron chi connectivity index (χ4n) is 2.26. The van der Waals surface area contributed by atoms with E-state index in [0.717, 1.165) is 9.99 Å². The molecule has 1 atom stereocenters. The summed E-state index contributed by atoms with van der Waals surface area (Å²) in [6.07, 6.45) is 1.70. The van der Waals surface area contributed by atoms with Crippen LogP contribution in [0.4, 0.5) is 4.39 Å². The van der Waals surface area contributed by atoms with Gasteiger partial charge in [0.15, 0.2) is 5.65 Å². The Morgan fingerprint density at radius 1 is 1.38 bits per heavy atom. The number of halogens is 3. The summed E-state index contributed by atoms with van der Waals surface area (Å²) in [7, 11) is 0. The summed E-state index contributed by atoms with van der Waals surface area (Å²) >= 11 is 9.59. The van der Waals surface area contributed by atoms with E-state index in [-0.39, 0.29) is 11.2 Å². The number of rotatable bonds is 3. The van der Waals surface area contributed by atoms with Gasteiger partial charge >= 0.3 is 0 Å². The van der Waals surface area contributed by atoms with E-state index in [0.29, 0.717) is 23.6 Å². The minimum absolute atomic E-state index is 0.246. The molecule has 0 aliphatic rings. The van der Waals surface area contributed by atoms with Crippen molar-refractivity contribution in [2.24, 2.45) is 0 Å². The summed E-state index contributed by atoms with van der Waals surface area (Å²) in [6, 6.07) is 8.56. The largest absolute Gasteiger partial charge is 0.307 e. The first kappa shape index (κ1) is 14.5. The van der Waals surface area contributed by atoms with Crippen molar-refractivity contribution in [1.82, 2.24) is 14.5 Å². The first-order chi connectivity index (χ1) is 10.1. The molecule has 1 aromatic carbocycles. The second-order valence-corrected chi connectivity index (χ2v) is 6.33. The van der Waals surface area contributed by atoms with Gasteiger partial charge in [0.2, 0.25) is 0 Å². The van der Waals surface area contributed by atoms with Crippen LogP contribution in [0.15, 0.2) is 41.0 Å². The number of benzene rings is 1. The molecule has 0 bridgehead atoms. The van der Waals surface area contributed by atoms with Gasteiger partial charge in [-0.1, -0.05) is 18.2 Å². The van der Waals surface area contributed by atoms with Crippen LogP contribution in [0.1, 0.15) is 23.7 Å². The van der Waals surface area contributed by atoms with Gasteiger partial charge in [-0.05, 0) is 35.0 Å². The lowest BCUT2D eigenvalue weighted by molar-refractivity contribution is 0.596. The van der Waals surface area contributed by atoms with Gasteiger partial charge in [0, 0.05) is 16.2 Å². The first-order valence-corrected chi connectivity index (χ1v) is 7.68. The Morgan fingerprint density at radius 2 is 2.14 bits per heavy atom. The minimum Gasteiger partial charge on any atom is -0.307 e. The molecule has 2 heterocycles. The number of hydrogen-bond donors (Lipinski definition) is 0. The molecule has 0 saturated carbocycles. The van der Waals surface area contributed by atoms with Gasteiger partial charge in [-0.25, -0.2) is 14.4 Å². The average Bonchev–Trinajstić information content (AvgIpc) is 2.79. The molecule has 0 saturated heterocycles. The highest BCUT2D eigenvalue weighted by atomic mass is 79.9. The van der Waals surface area contributed by atoms with Crippen molar-refractivity contribution < 1.29 is 4.39 Å². The van der Waals surface area contributed by atoms with Crippen molar-refractivity contribution in [2.45, 2.75) is 18.8 Å². The zero-order valence-corrected chi connectivity index (χ0v) is 13.6. The average molecular weight is 369 g/mol. The predicted octanol–water partition coefficient (Wildman–Crippen LogP) is 4.68. The van der Waals surface area contributed by atoms with E-state index < -0.39 is 0 Å². The molecule has 3 nitrogen and oxygen atoms in total. The summed E-state index contributed by atoms with van der Waals surface area (Å²) in [5.41, 5.74) is 2.02. The fourth-order valence-corrected chi connectivity index (χ4v) is 2.75. The third-order valence-electron chi connectivity index (χ3n) is 3.22. The summed E-state index contributed by atoms with van der Waals surface area (Å²) in [4.78, 5) is 8.90. The third kappa shape index (κ3) is 2.80. The number of nitrogens with zero attached hydrogens (tertiary/aromatic N) is 3. The van der Waals surface area contributed by atoms with Gasteiger partial charge in [0.1, 0.15) is 17.2 Å². The van der Waals surface area contributed by atoms with Crippen LogP contribution in [0.3, 0.4) is 0 Å². The second kappa shape index (κ2) is 5.73. The fraction of sp³-hybridized carbons (Fsp3) is 0.200. The SMILES string of the molecule is CC(Cl)c1nc2cc(Br)cnc2n1Cc1ccccc1F. The Balaban J connectivity index is 2.16. The first-order valence-electron chi connectivity index (χ1n) is 6.45. The van der Waals surface area contributed by atoms with Crippen molar-refractivity contribution >= 4 is 38.7 Å². The van der Waals surface area contributed by atoms with Crippen molar-refractivity contribution in [3.8, 4) is 0 Å². The Kier molecular flexibility index (Phi) is 3.95. The molecule has 108 valence electrons. The molecule has 0 amide bonds. The number of hydrogen-bond acceptors (Lipinski definition) is 2. The molecular weight excluding hydrogens is 357 g/mol. The van der Waals surface area contributed by atoms with Gasteiger partial charge in [0.05, 0.1) is 11.9 Å². The van der Waals surface area contributed by atoms with Crippen LogP contribution in [0.2, 0.25) is 0 Å². The van der Waals surface area contributed by atoms with Crippen molar-refractivity contribution in [3.63, 3.8) is 0 Å². The summed E-state index contributed by atoms with van der Waals surface area (Å²) < 4.78 is 16.6. The van der Waals surface area contributed by atoms with Crippen molar-refractivity contribution in [2.75, 3.05) is 0 Å². The van der Waals surface area contributed by atoms with Crippen LogP contribution in [0, 0.1) is 5.82 Å². The minimum atomic E-state index is -0.287. The number of imidazole rings is 1. The Morgan fingerprint density at radius 3 is 2.86 bits per heavy atom. The summed E-state index contributed by atoms with van der Waals surface area (Å²) in [5.74, 6) is 0.435.